The molecule has 4 aromatic heterocycles. The fourth-order valence-corrected chi connectivity index (χ4v) is 9.78. The minimum absolute atomic E-state index is 0.0851. The number of pyridine rings is 2. The van der Waals surface area contributed by atoms with Crippen LogP contribution in [0.1, 0.15) is 96.7 Å². The van der Waals surface area contributed by atoms with Crippen molar-refractivity contribution < 1.29 is 39.2 Å². The van der Waals surface area contributed by atoms with Gasteiger partial charge in [-0.15, -0.1) is 22.7 Å². The van der Waals surface area contributed by atoms with Gasteiger partial charge in [0.05, 0.1) is 23.6 Å². The van der Waals surface area contributed by atoms with Crippen LogP contribution in [0, 0.1) is 0 Å². The first-order valence-electron chi connectivity index (χ1n) is 20.0. The first-order chi connectivity index (χ1) is 27.6. The second-order valence-corrected chi connectivity index (χ2v) is 23.4. The lowest BCUT2D eigenvalue weighted by molar-refractivity contribution is -0.134. The van der Waals surface area contributed by atoms with Crippen molar-refractivity contribution in [1.29, 1.82) is 0 Å². The maximum atomic E-state index is 11.9. The molecule has 0 unspecified atom stereocenters. The highest BCUT2D eigenvalue weighted by Crippen LogP contribution is 2.40. The van der Waals surface area contributed by atoms with Crippen molar-refractivity contribution in [3.8, 4) is 0 Å². The first kappa shape index (κ1) is 47.6. The minimum atomic E-state index is -1.79. The van der Waals surface area contributed by atoms with E-state index in [4.69, 9.17) is 47.4 Å². The van der Waals surface area contributed by atoms with Crippen LogP contribution in [0.15, 0.2) is 12.1 Å². The normalized spacial score (nSPS) is 15.5. The molecule has 0 spiro atoms. The molecule has 0 aromatic carbocycles. The van der Waals surface area contributed by atoms with E-state index in [1.54, 1.807) is 0 Å². The summed E-state index contributed by atoms with van der Waals surface area (Å²) in [6.07, 6.45) is 5.31. The number of aliphatic hydroxyl groups is 3. The number of rotatable bonds is 12. The molecule has 0 radical (unpaired) electrons. The number of carboxylic acids is 1. The second kappa shape index (κ2) is 20.4. The molecule has 0 atom stereocenters. The molecule has 2 aliphatic heterocycles. The lowest BCUT2D eigenvalue weighted by Crippen LogP contribution is -2.41. The number of carbonyl (C=O) groups excluding carboxylic acids is 2. The van der Waals surface area contributed by atoms with Gasteiger partial charge in [0, 0.05) is 57.1 Å². The summed E-state index contributed by atoms with van der Waals surface area (Å²) in [6.45, 7) is 16.1. The Kier molecular flexibility index (Phi) is 16.5. The van der Waals surface area contributed by atoms with E-state index in [0.717, 1.165) is 97.2 Å². The number of aliphatic hydroxyl groups excluding tert-OH is 3. The Labute approximate surface area is 354 Å². The van der Waals surface area contributed by atoms with Crippen molar-refractivity contribution in [3.63, 3.8) is 0 Å². The van der Waals surface area contributed by atoms with E-state index in [1.807, 2.05) is 6.07 Å². The maximum absolute atomic E-state index is 11.9. The number of aliphatic carboxylic acids is 1. The summed E-state index contributed by atoms with van der Waals surface area (Å²) in [5.41, 5.74) is 26.2. The Morgan fingerprint density at radius 1 is 0.797 bits per heavy atom. The quantitative estimate of drug-likeness (QED) is 0.0699. The van der Waals surface area contributed by atoms with Gasteiger partial charge >= 0.3 is 0 Å². The number of carbonyl (C=O) groups is 3. The molecule has 0 aliphatic carbocycles. The number of nitrogens with two attached hydrogens (primary N) is 4. The van der Waals surface area contributed by atoms with Crippen LogP contribution in [-0.2, 0) is 22.1 Å². The van der Waals surface area contributed by atoms with Gasteiger partial charge in [0.25, 0.3) is 17.8 Å². The standard InChI is InChI=1S/C22H36N4O3SSi.C16H22N4O3S.C2H4O2/c1-22(2,3)31(4,5)29-12-6-7-14-13-16(26-10-8-15(27)9-11-26)25-21-17(14)18(23)19(30-21)20(24)28;17-13-12-9(2-1-7-21)8-11(20-5-3-10(22)4-6-20)19-16(12)24-14(13)15(18)23;1-2(3)4/h13,15,27H,6-12,23H2,1-5H3,(H2,24,28);8,10,21-22H,1-7,17H2,(H2,18,23);1H3,(H,3,4). The topological polar surface area (TPSA) is 278 Å². The third-order valence-electron chi connectivity index (χ3n) is 11.0. The smallest absolute Gasteiger partial charge is 0.300 e. The Bertz CT molecular complexity index is 2080. The molecule has 6 rings (SSSR count). The number of primary amides is 2. The number of nitrogens with zero attached hydrogens (tertiary/aromatic N) is 4. The molecule has 12 N–H and O–H groups in total. The van der Waals surface area contributed by atoms with Gasteiger partial charge in [-0.2, -0.15) is 0 Å². The van der Waals surface area contributed by atoms with Gasteiger partial charge in [-0.3, -0.25) is 14.4 Å². The lowest BCUT2D eigenvalue weighted by atomic mass is 10.0. The van der Waals surface area contributed by atoms with Crippen molar-refractivity contribution in [2.45, 2.75) is 109 Å². The molecule has 2 aliphatic rings. The molecule has 19 heteroatoms. The summed E-state index contributed by atoms with van der Waals surface area (Å²) in [7, 11) is -1.79. The molecular formula is C40H62N8O8S2Si. The number of nitrogen functional groups attached to an aromatic ring is 2. The van der Waals surface area contributed by atoms with E-state index < -0.39 is 26.1 Å². The van der Waals surface area contributed by atoms with Crippen LogP contribution in [0.25, 0.3) is 20.4 Å². The monoisotopic (exact) mass is 874 g/mol. The molecule has 2 saturated heterocycles. The van der Waals surface area contributed by atoms with Gasteiger partial charge in [-0.1, -0.05) is 20.8 Å². The van der Waals surface area contributed by atoms with E-state index in [9.17, 15) is 19.8 Å². The zero-order valence-electron chi connectivity index (χ0n) is 35.0. The van der Waals surface area contributed by atoms with E-state index in [-0.39, 0.29) is 23.9 Å². The zero-order valence-corrected chi connectivity index (χ0v) is 37.7. The van der Waals surface area contributed by atoms with Gasteiger partial charge in [0.15, 0.2) is 8.32 Å². The number of thiophene rings is 2. The number of carboxylic acid groups (broad SMARTS) is 1. The molecule has 16 nitrogen and oxygen atoms in total. The van der Waals surface area contributed by atoms with E-state index >= 15 is 0 Å². The number of aromatic nitrogens is 2. The number of amides is 2. The Balaban J connectivity index is 0.000000245. The molecule has 0 saturated carbocycles. The third-order valence-corrected chi connectivity index (χ3v) is 17.8. The molecule has 4 aromatic rings. The van der Waals surface area contributed by atoms with Gasteiger partial charge < -0.3 is 57.6 Å². The average Bonchev–Trinajstić information content (AvgIpc) is 3.69. The average molecular weight is 875 g/mol. The number of piperidine rings is 2. The Morgan fingerprint density at radius 3 is 1.51 bits per heavy atom. The highest BCUT2D eigenvalue weighted by Gasteiger charge is 2.37. The van der Waals surface area contributed by atoms with Crippen LogP contribution in [-0.4, -0.2) is 108 Å². The fraction of sp³-hybridized carbons (Fsp3) is 0.575. The number of aryl methyl sites for hydroxylation is 2. The molecule has 2 amide bonds. The molecule has 6 heterocycles. The van der Waals surface area contributed by atoms with Crippen molar-refractivity contribution in [3.05, 3.63) is 33.0 Å². The summed E-state index contributed by atoms with van der Waals surface area (Å²) in [5.74, 6) is -0.210. The van der Waals surface area contributed by atoms with Crippen LogP contribution >= 0.6 is 22.7 Å². The predicted molar refractivity (Wildman–Crippen MR) is 240 cm³/mol. The second-order valence-electron chi connectivity index (χ2n) is 16.6. The molecule has 0 bridgehead atoms. The van der Waals surface area contributed by atoms with Crippen molar-refractivity contribution in [2.75, 3.05) is 60.7 Å². The van der Waals surface area contributed by atoms with Crippen LogP contribution < -0.4 is 32.7 Å². The number of hydrogen-bond donors (Lipinski definition) is 8. The summed E-state index contributed by atoms with van der Waals surface area (Å²) < 4.78 is 6.34. The maximum Gasteiger partial charge on any atom is 0.300 e. The van der Waals surface area contributed by atoms with Gasteiger partial charge in [-0.05, 0) is 92.8 Å². The van der Waals surface area contributed by atoms with E-state index in [1.165, 1.54) is 22.7 Å². The molecule has 326 valence electrons. The van der Waals surface area contributed by atoms with E-state index in [2.05, 4.69) is 54.7 Å². The first-order valence-corrected chi connectivity index (χ1v) is 24.5. The number of fused-ring (bicyclic) bond motifs is 2. The van der Waals surface area contributed by atoms with Crippen LogP contribution in [0.5, 0.6) is 0 Å². The Morgan fingerprint density at radius 2 is 1.17 bits per heavy atom. The van der Waals surface area contributed by atoms with Crippen LogP contribution in [0.2, 0.25) is 18.1 Å². The molecular weight excluding hydrogens is 813 g/mol. The lowest BCUT2D eigenvalue weighted by Gasteiger charge is -2.36. The number of anilines is 4. The van der Waals surface area contributed by atoms with Crippen molar-refractivity contribution in [2.24, 2.45) is 11.5 Å². The van der Waals surface area contributed by atoms with Crippen molar-refractivity contribution >= 4 is 92.2 Å². The predicted octanol–water partition coefficient (Wildman–Crippen LogP) is 4.85. The highest BCUT2D eigenvalue weighted by atomic mass is 32.1. The minimum Gasteiger partial charge on any atom is -0.481 e. The third kappa shape index (κ3) is 12.2. The molecule has 2 fully saturated rings. The Hall–Kier alpha value is -4.11. The fourth-order valence-electron chi connectivity index (χ4n) is 6.72. The summed E-state index contributed by atoms with van der Waals surface area (Å²) in [6, 6.07) is 4.06. The molecule has 59 heavy (non-hydrogen) atoms. The SMILES string of the molecule is CC(=O)O.CC(C)(C)[Si](C)(C)OCCCc1cc(N2CCC(O)CC2)nc2sc(C(N)=O)c(N)c12.NC(=O)c1sc2nc(N3CCC(O)CC3)cc(CCCO)c2c1N. The zero-order chi connectivity index (χ0) is 43.8. The van der Waals surface area contributed by atoms with Crippen LogP contribution in [0.3, 0.4) is 0 Å². The number of hydrogen-bond acceptors (Lipinski definition) is 15. The summed E-state index contributed by atoms with van der Waals surface area (Å²) in [4.78, 5) is 48.4. The largest absolute Gasteiger partial charge is 0.481 e. The van der Waals surface area contributed by atoms with Crippen LogP contribution in [0.4, 0.5) is 23.0 Å². The van der Waals surface area contributed by atoms with Gasteiger partial charge in [0.2, 0.25) is 0 Å². The van der Waals surface area contributed by atoms with Gasteiger partial charge in [0.1, 0.15) is 31.1 Å². The highest BCUT2D eigenvalue weighted by molar-refractivity contribution is 7.21. The van der Waals surface area contributed by atoms with Gasteiger partial charge in [-0.25, -0.2) is 9.97 Å². The summed E-state index contributed by atoms with van der Waals surface area (Å²) in [5, 5.41) is 37.9. The van der Waals surface area contributed by atoms with Crippen molar-refractivity contribution in [1.82, 2.24) is 9.97 Å². The van der Waals surface area contributed by atoms with E-state index in [0.29, 0.717) is 58.2 Å². The summed E-state index contributed by atoms with van der Waals surface area (Å²) >= 11 is 2.47.